The molecule has 2 aromatic rings. The SMILES string of the molecule is NC(CCNC(=O)c1ccc(Br)s1)c1ccccc1. The Morgan fingerprint density at radius 1 is 1.26 bits per heavy atom. The Balaban J connectivity index is 1.79. The van der Waals surface area contributed by atoms with Gasteiger partial charge in [-0.3, -0.25) is 4.79 Å². The maximum absolute atomic E-state index is 11.8. The predicted molar refractivity (Wildman–Crippen MR) is 82.3 cm³/mol. The minimum Gasteiger partial charge on any atom is -0.351 e. The van der Waals surface area contributed by atoms with Crippen molar-refractivity contribution in [3.63, 3.8) is 0 Å². The van der Waals surface area contributed by atoms with Crippen LogP contribution >= 0.6 is 27.3 Å². The summed E-state index contributed by atoms with van der Waals surface area (Å²) in [5, 5.41) is 2.88. The number of hydrogen-bond donors (Lipinski definition) is 2. The third kappa shape index (κ3) is 4.16. The average molecular weight is 339 g/mol. The van der Waals surface area contributed by atoms with E-state index in [1.54, 1.807) is 6.07 Å². The van der Waals surface area contributed by atoms with Gasteiger partial charge >= 0.3 is 0 Å². The maximum Gasteiger partial charge on any atom is 0.261 e. The minimum absolute atomic E-state index is 0.0448. The number of rotatable bonds is 5. The van der Waals surface area contributed by atoms with Gasteiger partial charge in [0.05, 0.1) is 8.66 Å². The van der Waals surface area contributed by atoms with Crippen LogP contribution in [0.15, 0.2) is 46.3 Å². The zero-order chi connectivity index (χ0) is 13.7. The second-order valence-electron chi connectivity index (χ2n) is 4.17. The first kappa shape index (κ1) is 14.2. The first-order valence-electron chi connectivity index (χ1n) is 6.01. The molecule has 0 aliphatic heterocycles. The first-order valence-corrected chi connectivity index (χ1v) is 7.62. The number of carbonyl (C=O) groups is 1. The van der Waals surface area contributed by atoms with Crippen molar-refractivity contribution >= 4 is 33.2 Å². The predicted octanol–water partition coefficient (Wildman–Crippen LogP) is 3.33. The van der Waals surface area contributed by atoms with Crippen molar-refractivity contribution in [1.29, 1.82) is 0 Å². The highest BCUT2D eigenvalue weighted by molar-refractivity contribution is 9.11. The van der Waals surface area contributed by atoms with Crippen molar-refractivity contribution < 1.29 is 4.79 Å². The number of nitrogens with two attached hydrogens (primary N) is 1. The molecule has 1 unspecified atom stereocenters. The van der Waals surface area contributed by atoms with E-state index >= 15 is 0 Å². The van der Waals surface area contributed by atoms with Crippen molar-refractivity contribution in [2.75, 3.05) is 6.54 Å². The molecule has 1 heterocycles. The molecule has 0 fully saturated rings. The van der Waals surface area contributed by atoms with Crippen LogP contribution in [0.2, 0.25) is 0 Å². The molecule has 1 aromatic heterocycles. The fraction of sp³-hybridized carbons (Fsp3) is 0.214. The van der Waals surface area contributed by atoms with Crippen LogP contribution in [0.25, 0.3) is 0 Å². The molecule has 0 spiro atoms. The number of benzene rings is 1. The molecule has 1 aromatic carbocycles. The molecule has 0 radical (unpaired) electrons. The summed E-state index contributed by atoms with van der Waals surface area (Å²) in [6.07, 6.45) is 0.725. The van der Waals surface area contributed by atoms with Crippen LogP contribution in [0.4, 0.5) is 0 Å². The molecule has 1 amide bonds. The zero-order valence-corrected chi connectivity index (χ0v) is 12.7. The van der Waals surface area contributed by atoms with Crippen LogP contribution in [0, 0.1) is 0 Å². The lowest BCUT2D eigenvalue weighted by Crippen LogP contribution is -2.26. The summed E-state index contributed by atoms with van der Waals surface area (Å²) in [6, 6.07) is 13.5. The van der Waals surface area contributed by atoms with Gasteiger partial charge in [0.2, 0.25) is 0 Å². The van der Waals surface area contributed by atoms with Crippen LogP contribution in [-0.4, -0.2) is 12.5 Å². The quantitative estimate of drug-likeness (QED) is 0.878. The number of nitrogens with one attached hydrogen (secondary N) is 1. The van der Waals surface area contributed by atoms with E-state index in [1.807, 2.05) is 36.4 Å². The van der Waals surface area contributed by atoms with Gasteiger partial charge in [-0.25, -0.2) is 0 Å². The van der Waals surface area contributed by atoms with E-state index in [9.17, 15) is 4.79 Å². The molecule has 0 aliphatic rings. The summed E-state index contributed by atoms with van der Waals surface area (Å²) < 4.78 is 0.957. The second kappa shape index (κ2) is 6.84. The van der Waals surface area contributed by atoms with E-state index in [0.717, 1.165) is 15.8 Å². The maximum atomic E-state index is 11.8. The number of hydrogen-bond acceptors (Lipinski definition) is 3. The van der Waals surface area contributed by atoms with Gasteiger partial charge in [-0.15, -0.1) is 11.3 Å². The third-order valence-corrected chi connectivity index (χ3v) is 4.39. The Morgan fingerprint density at radius 3 is 2.63 bits per heavy atom. The lowest BCUT2D eigenvalue weighted by Gasteiger charge is -2.12. The molecule has 0 bridgehead atoms. The van der Waals surface area contributed by atoms with E-state index in [2.05, 4.69) is 21.2 Å². The lowest BCUT2D eigenvalue weighted by molar-refractivity contribution is 0.0956. The largest absolute Gasteiger partial charge is 0.351 e. The average Bonchev–Trinajstić information content (AvgIpc) is 2.86. The van der Waals surface area contributed by atoms with Crippen LogP contribution < -0.4 is 11.1 Å². The summed E-state index contributed by atoms with van der Waals surface area (Å²) >= 11 is 4.77. The van der Waals surface area contributed by atoms with Gasteiger partial charge < -0.3 is 11.1 Å². The monoisotopic (exact) mass is 338 g/mol. The van der Waals surface area contributed by atoms with Crippen molar-refractivity contribution in [2.45, 2.75) is 12.5 Å². The molecule has 3 N–H and O–H groups in total. The molecule has 5 heteroatoms. The highest BCUT2D eigenvalue weighted by Crippen LogP contribution is 2.21. The normalized spacial score (nSPS) is 12.1. The Morgan fingerprint density at radius 2 is 2.00 bits per heavy atom. The third-order valence-electron chi connectivity index (χ3n) is 2.77. The standard InChI is InChI=1S/C14H15BrN2OS/c15-13-7-6-12(19-13)14(18)17-9-8-11(16)10-4-2-1-3-5-10/h1-7,11H,8-9,16H2,(H,17,18). The Kier molecular flexibility index (Phi) is 5.13. The van der Waals surface area contributed by atoms with Gasteiger partial charge in [0.1, 0.15) is 0 Å². The Hall–Kier alpha value is -1.17. The van der Waals surface area contributed by atoms with Crippen LogP contribution in [0.5, 0.6) is 0 Å². The topological polar surface area (TPSA) is 55.1 Å². The molecular weight excluding hydrogens is 324 g/mol. The van der Waals surface area contributed by atoms with Crippen molar-refractivity contribution in [1.82, 2.24) is 5.32 Å². The van der Waals surface area contributed by atoms with Gasteiger partial charge in [0, 0.05) is 12.6 Å². The molecule has 3 nitrogen and oxygen atoms in total. The first-order chi connectivity index (χ1) is 9.16. The van der Waals surface area contributed by atoms with Gasteiger partial charge in [-0.1, -0.05) is 30.3 Å². The number of amides is 1. The van der Waals surface area contributed by atoms with Gasteiger partial charge in [-0.05, 0) is 40.0 Å². The number of halogens is 1. The summed E-state index contributed by atoms with van der Waals surface area (Å²) in [5.41, 5.74) is 7.16. The van der Waals surface area contributed by atoms with E-state index in [-0.39, 0.29) is 11.9 Å². The molecule has 0 saturated carbocycles. The molecule has 0 aliphatic carbocycles. The molecule has 2 rings (SSSR count). The van der Waals surface area contributed by atoms with E-state index in [1.165, 1.54) is 11.3 Å². The number of thiophene rings is 1. The van der Waals surface area contributed by atoms with E-state index < -0.39 is 0 Å². The smallest absolute Gasteiger partial charge is 0.261 e. The Labute approximate surface area is 125 Å². The molecule has 1 atom stereocenters. The molecular formula is C14H15BrN2OS. The van der Waals surface area contributed by atoms with E-state index in [4.69, 9.17) is 5.73 Å². The van der Waals surface area contributed by atoms with Crippen LogP contribution in [-0.2, 0) is 0 Å². The van der Waals surface area contributed by atoms with Gasteiger partial charge in [-0.2, -0.15) is 0 Å². The summed E-state index contributed by atoms with van der Waals surface area (Å²) in [7, 11) is 0. The molecule has 19 heavy (non-hydrogen) atoms. The van der Waals surface area contributed by atoms with Crippen molar-refractivity contribution in [2.24, 2.45) is 5.73 Å². The van der Waals surface area contributed by atoms with E-state index in [0.29, 0.717) is 11.4 Å². The zero-order valence-electron chi connectivity index (χ0n) is 10.3. The molecule has 100 valence electrons. The highest BCUT2D eigenvalue weighted by atomic mass is 79.9. The van der Waals surface area contributed by atoms with Crippen molar-refractivity contribution in [3.05, 3.63) is 56.7 Å². The minimum atomic E-state index is -0.0454. The molecule has 0 saturated heterocycles. The summed E-state index contributed by atoms with van der Waals surface area (Å²) in [5.74, 6) is -0.0454. The summed E-state index contributed by atoms with van der Waals surface area (Å²) in [6.45, 7) is 0.574. The fourth-order valence-electron chi connectivity index (χ4n) is 1.73. The summed E-state index contributed by atoms with van der Waals surface area (Å²) in [4.78, 5) is 12.5. The van der Waals surface area contributed by atoms with Gasteiger partial charge in [0.15, 0.2) is 0 Å². The van der Waals surface area contributed by atoms with Crippen LogP contribution in [0.3, 0.4) is 0 Å². The van der Waals surface area contributed by atoms with Crippen molar-refractivity contribution in [3.8, 4) is 0 Å². The lowest BCUT2D eigenvalue weighted by atomic mass is 10.1. The Bertz CT molecular complexity index is 541. The second-order valence-corrected chi connectivity index (χ2v) is 6.63. The number of carbonyl (C=O) groups excluding carboxylic acids is 1. The highest BCUT2D eigenvalue weighted by Gasteiger charge is 2.09. The van der Waals surface area contributed by atoms with Gasteiger partial charge in [0.25, 0.3) is 5.91 Å². The van der Waals surface area contributed by atoms with Crippen LogP contribution in [0.1, 0.15) is 27.7 Å². The fourth-order valence-corrected chi connectivity index (χ4v) is 3.03.